The maximum absolute atomic E-state index is 5.55. The van der Waals surface area contributed by atoms with Crippen molar-refractivity contribution in [2.45, 2.75) is 6.92 Å². The normalized spacial score (nSPS) is 15.5. The van der Waals surface area contributed by atoms with E-state index in [-0.39, 0.29) is 0 Å². The minimum atomic E-state index is 0.514. The zero-order valence-corrected chi connectivity index (χ0v) is 6.20. The molecule has 1 radical (unpaired) electrons. The first-order chi connectivity index (χ1) is 5.27. The maximum atomic E-state index is 5.55. The number of rotatable bonds is 0. The van der Waals surface area contributed by atoms with Gasteiger partial charge in [-0.1, -0.05) is 12.1 Å². The van der Waals surface area contributed by atoms with Crippen LogP contribution < -0.4 is 5.73 Å². The molecule has 3 nitrogen and oxygen atoms in total. The van der Waals surface area contributed by atoms with Gasteiger partial charge < -0.3 is 0 Å². The van der Waals surface area contributed by atoms with Gasteiger partial charge in [-0.15, -0.1) is 0 Å². The molecule has 2 N–H and O–H groups in total. The summed E-state index contributed by atoms with van der Waals surface area (Å²) >= 11 is 0. The van der Waals surface area contributed by atoms with Crippen molar-refractivity contribution in [3.8, 4) is 0 Å². The second kappa shape index (κ2) is 2.13. The van der Waals surface area contributed by atoms with Gasteiger partial charge in [-0.05, 0) is 18.6 Å². The molecule has 0 saturated heterocycles. The van der Waals surface area contributed by atoms with Gasteiger partial charge in [0.1, 0.15) is 0 Å². The number of hydrogen-bond donors (Lipinski definition) is 1. The molecule has 0 saturated carbocycles. The van der Waals surface area contributed by atoms with Crippen LogP contribution in [0.4, 0.5) is 5.69 Å². The molecule has 0 aromatic heterocycles. The van der Waals surface area contributed by atoms with E-state index < -0.39 is 0 Å². The van der Waals surface area contributed by atoms with Gasteiger partial charge in [-0.25, -0.2) is 0 Å². The summed E-state index contributed by atoms with van der Waals surface area (Å²) in [6.07, 6.45) is 0.514. The maximum Gasteiger partial charge on any atom is 0.202 e. The SMILES string of the molecule is Cc1ccc2c(c1)N=N[C]2N. The molecule has 0 bridgehead atoms. The molecule has 0 aliphatic carbocycles. The average molecular weight is 146 g/mol. The quantitative estimate of drug-likeness (QED) is 0.597. The van der Waals surface area contributed by atoms with Crippen LogP contribution in [0.2, 0.25) is 0 Å². The lowest BCUT2D eigenvalue weighted by Crippen LogP contribution is -2.04. The van der Waals surface area contributed by atoms with Crippen molar-refractivity contribution in [1.82, 2.24) is 0 Å². The Morgan fingerprint density at radius 1 is 1.27 bits per heavy atom. The molecule has 11 heavy (non-hydrogen) atoms. The van der Waals surface area contributed by atoms with Crippen LogP contribution in [0, 0.1) is 13.1 Å². The van der Waals surface area contributed by atoms with Crippen LogP contribution in [0.15, 0.2) is 28.4 Å². The molecule has 0 fully saturated rings. The summed E-state index contributed by atoms with van der Waals surface area (Å²) in [6, 6.07) is 5.92. The van der Waals surface area contributed by atoms with Gasteiger partial charge in [0.2, 0.25) is 6.17 Å². The molecule has 0 unspecified atom stereocenters. The standard InChI is InChI=1S/C8H8N3/c1-5-2-3-6-7(4-5)10-11-8(6)9/h2-4H,9H2,1H3. The van der Waals surface area contributed by atoms with E-state index in [4.69, 9.17) is 5.73 Å². The van der Waals surface area contributed by atoms with Crippen molar-refractivity contribution in [3.63, 3.8) is 0 Å². The number of nitrogens with two attached hydrogens (primary N) is 1. The molecule has 0 spiro atoms. The number of aryl methyl sites for hydroxylation is 1. The first-order valence-corrected chi connectivity index (χ1v) is 3.42. The number of hydrogen-bond acceptors (Lipinski definition) is 3. The average Bonchev–Trinajstić information content (AvgIpc) is 2.32. The monoisotopic (exact) mass is 146 g/mol. The van der Waals surface area contributed by atoms with E-state index >= 15 is 0 Å². The Hall–Kier alpha value is -1.22. The molecule has 1 aromatic carbocycles. The third-order valence-electron chi connectivity index (χ3n) is 1.69. The van der Waals surface area contributed by atoms with E-state index in [0.717, 1.165) is 11.3 Å². The van der Waals surface area contributed by atoms with Crippen molar-refractivity contribution >= 4 is 5.69 Å². The van der Waals surface area contributed by atoms with Crippen LogP contribution in [-0.4, -0.2) is 0 Å². The van der Waals surface area contributed by atoms with E-state index in [1.54, 1.807) is 0 Å². The van der Waals surface area contributed by atoms with Gasteiger partial charge in [0, 0.05) is 5.56 Å². The molecule has 0 amide bonds. The van der Waals surface area contributed by atoms with Crippen molar-refractivity contribution in [3.05, 3.63) is 35.5 Å². The Bertz CT molecular complexity index is 317. The van der Waals surface area contributed by atoms with Crippen LogP contribution in [-0.2, 0) is 0 Å². The molecule has 1 aliphatic heterocycles. The van der Waals surface area contributed by atoms with E-state index in [9.17, 15) is 0 Å². The fourth-order valence-corrected chi connectivity index (χ4v) is 1.10. The summed E-state index contributed by atoms with van der Waals surface area (Å²) in [5.74, 6) is 0. The fourth-order valence-electron chi connectivity index (χ4n) is 1.10. The van der Waals surface area contributed by atoms with E-state index in [2.05, 4.69) is 10.2 Å². The summed E-state index contributed by atoms with van der Waals surface area (Å²) in [5.41, 5.74) is 8.55. The predicted molar refractivity (Wildman–Crippen MR) is 42.2 cm³/mol. The third kappa shape index (κ3) is 0.935. The summed E-state index contributed by atoms with van der Waals surface area (Å²) < 4.78 is 0. The molecule has 1 aromatic rings. The lowest BCUT2D eigenvalue weighted by Gasteiger charge is -1.98. The highest BCUT2D eigenvalue weighted by molar-refractivity contribution is 5.56. The fraction of sp³-hybridized carbons (Fsp3) is 0.125. The molecular formula is C8H8N3. The molecular weight excluding hydrogens is 138 g/mol. The van der Waals surface area contributed by atoms with Gasteiger partial charge in [0.25, 0.3) is 0 Å². The Balaban J connectivity index is 2.58. The van der Waals surface area contributed by atoms with Crippen LogP contribution >= 0.6 is 0 Å². The molecule has 0 atom stereocenters. The molecule has 1 aliphatic rings. The zero-order chi connectivity index (χ0) is 7.84. The molecule has 3 heteroatoms. The van der Waals surface area contributed by atoms with E-state index in [1.165, 1.54) is 5.56 Å². The first-order valence-electron chi connectivity index (χ1n) is 3.42. The molecule has 1 heterocycles. The van der Waals surface area contributed by atoms with Crippen LogP contribution in [0.25, 0.3) is 0 Å². The highest BCUT2D eigenvalue weighted by Crippen LogP contribution is 2.32. The Morgan fingerprint density at radius 3 is 2.91 bits per heavy atom. The lowest BCUT2D eigenvalue weighted by molar-refractivity contribution is 1.02. The number of fused-ring (bicyclic) bond motifs is 1. The largest absolute Gasteiger partial charge is 0.298 e. The zero-order valence-electron chi connectivity index (χ0n) is 6.20. The molecule has 2 rings (SSSR count). The minimum Gasteiger partial charge on any atom is -0.298 e. The lowest BCUT2D eigenvalue weighted by atomic mass is 10.1. The van der Waals surface area contributed by atoms with E-state index in [0.29, 0.717) is 6.17 Å². The Kier molecular flexibility index (Phi) is 1.26. The Labute approximate surface area is 64.9 Å². The topological polar surface area (TPSA) is 50.7 Å². The number of azo groups is 1. The smallest absolute Gasteiger partial charge is 0.202 e. The summed E-state index contributed by atoms with van der Waals surface area (Å²) in [6.45, 7) is 2.02. The summed E-state index contributed by atoms with van der Waals surface area (Å²) in [7, 11) is 0. The van der Waals surface area contributed by atoms with Crippen LogP contribution in [0.5, 0.6) is 0 Å². The molecule has 55 valence electrons. The summed E-state index contributed by atoms with van der Waals surface area (Å²) in [5, 5.41) is 7.67. The minimum absolute atomic E-state index is 0.514. The van der Waals surface area contributed by atoms with Crippen molar-refractivity contribution in [1.29, 1.82) is 0 Å². The highest BCUT2D eigenvalue weighted by atomic mass is 15.2. The van der Waals surface area contributed by atoms with Crippen molar-refractivity contribution in [2.24, 2.45) is 16.0 Å². The van der Waals surface area contributed by atoms with Crippen LogP contribution in [0.3, 0.4) is 0 Å². The third-order valence-corrected chi connectivity index (χ3v) is 1.69. The second-order valence-corrected chi connectivity index (χ2v) is 2.61. The Morgan fingerprint density at radius 2 is 2.09 bits per heavy atom. The number of benzene rings is 1. The van der Waals surface area contributed by atoms with Gasteiger partial charge in [-0.3, -0.25) is 5.73 Å². The first kappa shape index (κ1) is 6.49. The predicted octanol–water partition coefficient (Wildman–Crippen LogP) is 1.89. The van der Waals surface area contributed by atoms with Crippen LogP contribution in [0.1, 0.15) is 11.1 Å². The highest BCUT2D eigenvalue weighted by Gasteiger charge is 2.16. The van der Waals surface area contributed by atoms with Crippen molar-refractivity contribution in [2.75, 3.05) is 0 Å². The van der Waals surface area contributed by atoms with Gasteiger partial charge >= 0.3 is 0 Å². The second-order valence-electron chi connectivity index (χ2n) is 2.61. The van der Waals surface area contributed by atoms with Gasteiger partial charge in [0.05, 0.1) is 5.69 Å². The van der Waals surface area contributed by atoms with Gasteiger partial charge in [0.15, 0.2) is 0 Å². The number of nitrogens with zero attached hydrogens (tertiary/aromatic N) is 2. The summed E-state index contributed by atoms with van der Waals surface area (Å²) in [4.78, 5) is 0. The van der Waals surface area contributed by atoms with E-state index in [1.807, 2.05) is 25.1 Å². The van der Waals surface area contributed by atoms with Crippen molar-refractivity contribution < 1.29 is 0 Å². The van der Waals surface area contributed by atoms with Gasteiger partial charge in [-0.2, -0.15) is 10.2 Å².